The maximum Gasteiger partial charge on any atom is 0.417 e. The predicted molar refractivity (Wildman–Crippen MR) is 60.5 cm³/mol. The molecule has 1 aromatic carbocycles. The molecule has 0 atom stereocenters. The van der Waals surface area contributed by atoms with E-state index in [0.717, 1.165) is 13.2 Å². The van der Waals surface area contributed by atoms with Gasteiger partial charge < -0.3 is 9.15 Å². The van der Waals surface area contributed by atoms with E-state index >= 15 is 0 Å². The summed E-state index contributed by atoms with van der Waals surface area (Å²) in [4.78, 5) is 11.2. The Hall–Kier alpha value is -2.24. The maximum atomic E-state index is 12.8. The smallest absolute Gasteiger partial charge is 0.417 e. The minimum Gasteiger partial charge on any atom is -0.463 e. The summed E-state index contributed by atoms with van der Waals surface area (Å²) in [5.74, 6) is -0.918. The third kappa shape index (κ3) is 2.62. The van der Waals surface area contributed by atoms with Crippen LogP contribution in [0.3, 0.4) is 0 Å². The normalized spacial score (nSPS) is 11.4. The molecule has 0 aliphatic rings. The molecule has 0 amide bonds. The predicted octanol–water partition coefficient (Wildman–Crippen LogP) is 3.75. The quantitative estimate of drug-likeness (QED) is 0.780. The van der Waals surface area contributed by atoms with Gasteiger partial charge in [0.1, 0.15) is 5.76 Å². The molecular weight excluding hydrogens is 261 g/mol. The molecule has 0 N–H and O–H groups in total. The van der Waals surface area contributed by atoms with Gasteiger partial charge in [0.25, 0.3) is 0 Å². The van der Waals surface area contributed by atoms with Gasteiger partial charge in [0, 0.05) is 5.56 Å². The Labute approximate surface area is 106 Å². The lowest BCUT2D eigenvalue weighted by atomic mass is 10.1. The van der Waals surface area contributed by atoms with Crippen LogP contribution in [-0.2, 0) is 10.9 Å². The molecule has 0 aliphatic heterocycles. The molecule has 100 valence electrons. The summed E-state index contributed by atoms with van der Waals surface area (Å²) in [6.07, 6.45) is -4.49. The first kappa shape index (κ1) is 13.2. The molecule has 1 aromatic heterocycles. The zero-order valence-electron chi connectivity index (χ0n) is 9.82. The number of alkyl halides is 3. The molecule has 19 heavy (non-hydrogen) atoms. The zero-order valence-corrected chi connectivity index (χ0v) is 9.82. The Bertz CT molecular complexity index is 599. The molecule has 0 spiro atoms. The van der Waals surface area contributed by atoms with Crippen molar-refractivity contribution >= 4 is 5.97 Å². The topological polar surface area (TPSA) is 39.4 Å². The molecule has 0 radical (unpaired) electrons. The number of carbonyl (C=O) groups excluding carboxylic acids is 1. The average molecular weight is 270 g/mol. The van der Waals surface area contributed by atoms with E-state index in [1.54, 1.807) is 0 Å². The van der Waals surface area contributed by atoms with Crippen molar-refractivity contribution < 1.29 is 27.1 Å². The minimum absolute atomic E-state index is 0.0340. The van der Waals surface area contributed by atoms with E-state index in [9.17, 15) is 18.0 Å². The summed E-state index contributed by atoms with van der Waals surface area (Å²) in [7, 11) is 1.16. The number of carbonyl (C=O) groups is 1. The summed E-state index contributed by atoms with van der Waals surface area (Å²) in [6.45, 7) is 0. The van der Waals surface area contributed by atoms with Gasteiger partial charge in [-0.3, -0.25) is 0 Å². The second-order valence-corrected chi connectivity index (χ2v) is 3.70. The van der Waals surface area contributed by atoms with Crippen molar-refractivity contribution in [2.24, 2.45) is 0 Å². The molecule has 6 heteroatoms. The third-order valence-electron chi connectivity index (χ3n) is 2.49. The van der Waals surface area contributed by atoms with E-state index in [1.807, 2.05) is 0 Å². The van der Waals surface area contributed by atoms with Crippen molar-refractivity contribution in [3.05, 3.63) is 47.7 Å². The maximum absolute atomic E-state index is 12.8. The zero-order chi connectivity index (χ0) is 14.0. The first-order chi connectivity index (χ1) is 8.93. The van der Waals surface area contributed by atoms with Gasteiger partial charge in [0.05, 0.1) is 12.7 Å². The lowest BCUT2D eigenvalue weighted by molar-refractivity contribution is -0.137. The van der Waals surface area contributed by atoms with Crippen LogP contribution in [0.1, 0.15) is 16.1 Å². The van der Waals surface area contributed by atoms with Crippen molar-refractivity contribution in [3.63, 3.8) is 0 Å². The lowest BCUT2D eigenvalue weighted by Gasteiger charge is -2.10. The van der Waals surface area contributed by atoms with Crippen LogP contribution in [-0.4, -0.2) is 13.1 Å². The van der Waals surface area contributed by atoms with Crippen molar-refractivity contribution in [1.29, 1.82) is 0 Å². The lowest BCUT2D eigenvalue weighted by Crippen LogP contribution is -2.06. The minimum atomic E-state index is -4.49. The van der Waals surface area contributed by atoms with E-state index in [0.29, 0.717) is 0 Å². The van der Waals surface area contributed by atoms with Crippen molar-refractivity contribution in [2.45, 2.75) is 6.18 Å². The molecule has 3 nitrogen and oxygen atoms in total. The van der Waals surface area contributed by atoms with Crippen LogP contribution in [0.2, 0.25) is 0 Å². The fourth-order valence-electron chi connectivity index (χ4n) is 1.64. The number of methoxy groups -OCH3 is 1. The Morgan fingerprint density at radius 2 is 1.84 bits per heavy atom. The fraction of sp³-hybridized carbons (Fsp3) is 0.154. The summed E-state index contributed by atoms with van der Waals surface area (Å²) in [5.41, 5.74) is -0.939. The van der Waals surface area contributed by atoms with Gasteiger partial charge in [-0.2, -0.15) is 13.2 Å². The average Bonchev–Trinajstić information content (AvgIpc) is 2.86. The highest BCUT2D eigenvalue weighted by molar-refractivity contribution is 5.87. The van der Waals surface area contributed by atoms with Gasteiger partial charge >= 0.3 is 12.1 Å². The molecule has 0 fully saturated rings. The van der Waals surface area contributed by atoms with Gasteiger partial charge in [-0.25, -0.2) is 4.79 Å². The number of benzene rings is 1. The summed E-state index contributed by atoms with van der Waals surface area (Å²) >= 11 is 0. The molecule has 1 heterocycles. The second kappa shape index (κ2) is 4.79. The van der Waals surface area contributed by atoms with Gasteiger partial charge in [0.15, 0.2) is 0 Å². The Morgan fingerprint density at radius 1 is 1.16 bits per heavy atom. The van der Waals surface area contributed by atoms with Crippen molar-refractivity contribution in [3.8, 4) is 11.3 Å². The molecule has 2 rings (SSSR count). The van der Waals surface area contributed by atoms with E-state index in [1.165, 1.54) is 30.3 Å². The third-order valence-corrected chi connectivity index (χ3v) is 2.49. The number of furan rings is 1. The van der Waals surface area contributed by atoms with Crippen LogP contribution >= 0.6 is 0 Å². The highest BCUT2D eigenvalue weighted by Crippen LogP contribution is 2.37. The highest BCUT2D eigenvalue weighted by atomic mass is 19.4. The van der Waals surface area contributed by atoms with Crippen LogP contribution in [0.25, 0.3) is 11.3 Å². The van der Waals surface area contributed by atoms with Gasteiger partial charge in [-0.1, -0.05) is 18.2 Å². The van der Waals surface area contributed by atoms with Crippen LogP contribution in [0, 0.1) is 0 Å². The monoisotopic (exact) mass is 270 g/mol. The summed E-state index contributed by atoms with van der Waals surface area (Å²) < 4.78 is 48.0. The largest absolute Gasteiger partial charge is 0.463 e. The highest BCUT2D eigenvalue weighted by Gasteiger charge is 2.34. The van der Waals surface area contributed by atoms with Crippen molar-refractivity contribution in [2.75, 3.05) is 7.11 Å². The number of ether oxygens (including phenoxy) is 1. The number of hydrogen-bond acceptors (Lipinski definition) is 3. The Morgan fingerprint density at radius 3 is 2.47 bits per heavy atom. The summed E-state index contributed by atoms with van der Waals surface area (Å²) in [5, 5.41) is 0. The number of halogens is 3. The molecular formula is C13H9F3O3. The van der Waals surface area contributed by atoms with E-state index in [-0.39, 0.29) is 17.1 Å². The second-order valence-electron chi connectivity index (χ2n) is 3.70. The molecule has 0 saturated carbocycles. The van der Waals surface area contributed by atoms with Gasteiger partial charge in [-0.15, -0.1) is 0 Å². The van der Waals surface area contributed by atoms with Crippen LogP contribution in [0.15, 0.2) is 40.8 Å². The fourth-order valence-corrected chi connectivity index (χ4v) is 1.64. The van der Waals surface area contributed by atoms with Crippen LogP contribution in [0.5, 0.6) is 0 Å². The summed E-state index contributed by atoms with van der Waals surface area (Å²) in [6, 6.07) is 7.56. The van der Waals surface area contributed by atoms with Crippen LogP contribution < -0.4 is 0 Å². The number of hydrogen-bond donors (Lipinski definition) is 0. The molecule has 2 aromatic rings. The first-order valence-corrected chi connectivity index (χ1v) is 5.28. The molecule has 0 saturated heterocycles. The van der Waals surface area contributed by atoms with E-state index in [4.69, 9.17) is 4.42 Å². The van der Waals surface area contributed by atoms with Gasteiger partial charge in [0.2, 0.25) is 5.76 Å². The van der Waals surface area contributed by atoms with E-state index < -0.39 is 17.7 Å². The Balaban J connectivity index is 2.48. The molecule has 0 unspecified atom stereocenters. The SMILES string of the molecule is COC(=O)c1ccc(-c2ccccc2C(F)(F)F)o1. The Kier molecular flexibility index (Phi) is 3.33. The standard InChI is InChI=1S/C13H9F3O3/c1-18-12(17)11-7-6-10(19-11)8-4-2-3-5-9(8)13(14,15)16/h2-7H,1H3. The van der Waals surface area contributed by atoms with Gasteiger partial charge in [-0.05, 0) is 18.2 Å². The first-order valence-electron chi connectivity index (χ1n) is 5.28. The molecule has 0 bridgehead atoms. The number of esters is 1. The van der Waals surface area contributed by atoms with Crippen LogP contribution in [0.4, 0.5) is 13.2 Å². The van der Waals surface area contributed by atoms with E-state index in [2.05, 4.69) is 4.74 Å². The molecule has 0 aliphatic carbocycles. The van der Waals surface area contributed by atoms with Crippen molar-refractivity contribution in [1.82, 2.24) is 0 Å². The number of rotatable bonds is 2.